The molecule has 3 N–H and O–H groups in total. The van der Waals surface area contributed by atoms with Gasteiger partial charge >= 0.3 is 6.18 Å². The van der Waals surface area contributed by atoms with Crippen molar-refractivity contribution in [1.82, 2.24) is 24.5 Å². The predicted molar refractivity (Wildman–Crippen MR) is 141 cm³/mol. The van der Waals surface area contributed by atoms with Gasteiger partial charge in [0.05, 0.1) is 17.2 Å². The van der Waals surface area contributed by atoms with Crippen LogP contribution in [-0.2, 0) is 27.4 Å². The Morgan fingerprint density at radius 3 is 2.65 bits per heavy atom. The summed E-state index contributed by atoms with van der Waals surface area (Å²) >= 11 is 0. The molecule has 0 unspecified atom stereocenters. The van der Waals surface area contributed by atoms with Crippen molar-refractivity contribution < 1.29 is 31.1 Å². The van der Waals surface area contributed by atoms with Gasteiger partial charge < -0.3 is 25.6 Å². The summed E-state index contributed by atoms with van der Waals surface area (Å²) in [6, 6.07) is 2.99. The van der Waals surface area contributed by atoms with Crippen LogP contribution in [-0.4, -0.2) is 85.9 Å². The number of piperidine rings is 1. The molecule has 0 spiro atoms. The van der Waals surface area contributed by atoms with Crippen molar-refractivity contribution in [3.05, 3.63) is 29.5 Å². The van der Waals surface area contributed by atoms with Crippen LogP contribution in [0.3, 0.4) is 0 Å². The molecule has 4 heterocycles. The number of alkyl halides is 3. The van der Waals surface area contributed by atoms with E-state index in [4.69, 9.17) is 4.74 Å². The van der Waals surface area contributed by atoms with Crippen molar-refractivity contribution in [2.75, 3.05) is 63.1 Å². The van der Waals surface area contributed by atoms with Crippen molar-refractivity contribution in [3.8, 4) is 5.75 Å². The van der Waals surface area contributed by atoms with E-state index in [1.807, 2.05) is 0 Å². The smallest absolute Gasteiger partial charge is 0.421 e. The van der Waals surface area contributed by atoms with Gasteiger partial charge in [0.2, 0.25) is 21.9 Å². The zero-order chi connectivity index (χ0) is 28.3. The largest absolute Gasteiger partial charge is 0.491 e. The molecule has 0 radical (unpaired) electrons. The molecule has 2 fully saturated rings. The number of amides is 1. The predicted octanol–water partition coefficient (Wildman–Crippen LogP) is 2.58. The number of halogens is 3. The zero-order valence-electron chi connectivity index (χ0n) is 21.9. The number of carbonyl (C=O) groups excluding carboxylic acids is 1. The highest BCUT2D eigenvalue weighted by atomic mass is 32.2. The number of rotatable bonds is 9. The van der Waals surface area contributed by atoms with Gasteiger partial charge in [-0.05, 0) is 31.4 Å². The number of anilines is 3. The summed E-state index contributed by atoms with van der Waals surface area (Å²) in [6.07, 6.45) is -0.781. The first-order valence-electron chi connectivity index (χ1n) is 13.4. The van der Waals surface area contributed by atoms with Crippen LogP contribution in [0.4, 0.5) is 30.6 Å². The Morgan fingerprint density at radius 2 is 1.90 bits per heavy atom. The van der Waals surface area contributed by atoms with Crippen molar-refractivity contribution in [2.24, 2.45) is 0 Å². The molecule has 0 saturated carbocycles. The Labute approximate surface area is 230 Å². The number of piperazine rings is 1. The van der Waals surface area contributed by atoms with Crippen LogP contribution < -0.4 is 20.7 Å². The minimum atomic E-state index is -4.69. The average molecular weight is 584 g/mol. The summed E-state index contributed by atoms with van der Waals surface area (Å²) < 4.78 is 74.9. The SMILES string of the molecule is O=C1CCCCN1CCCNc1nc(Nc2cc(S(=O)(=O)N3CCNCC3)cc3c2OCC3)ncc1C(F)(F)F. The first kappa shape index (κ1) is 28.4. The van der Waals surface area contributed by atoms with Crippen molar-refractivity contribution in [2.45, 2.75) is 43.2 Å². The van der Waals surface area contributed by atoms with E-state index < -0.39 is 27.6 Å². The summed E-state index contributed by atoms with van der Waals surface area (Å²) in [5, 5.41) is 8.75. The van der Waals surface area contributed by atoms with E-state index >= 15 is 0 Å². The van der Waals surface area contributed by atoms with Crippen LogP contribution in [0.2, 0.25) is 0 Å². The van der Waals surface area contributed by atoms with Gasteiger partial charge in [0.1, 0.15) is 17.1 Å². The molecular weight excluding hydrogens is 551 g/mol. The molecule has 2 saturated heterocycles. The molecule has 3 aliphatic rings. The van der Waals surface area contributed by atoms with Crippen LogP contribution in [0, 0.1) is 0 Å². The number of sulfonamides is 1. The number of benzene rings is 1. The van der Waals surface area contributed by atoms with Gasteiger partial charge in [0.25, 0.3) is 0 Å². The molecule has 11 nitrogen and oxygen atoms in total. The molecule has 0 atom stereocenters. The van der Waals surface area contributed by atoms with E-state index in [-0.39, 0.29) is 29.0 Å². The van der Waals surface area contributed by atoms with Crippen LogP contribution in [0.5, 0.6) is 5.75 Å². The summed E-state index contributed by atoms with van der Waals surface area (Å²) in [7, 11) is -3.79. The quantitative estimate of drug-likeness (QED) is 0.382. The van der Waals surface area contributed by atoms with E-state index in [0.29, 0.717) is 82.6 Å². The third-order valence-corrected chi connectivity index (χ3v) is 9.01. The standard InChI is InChI=1S/C25H32F3N7O4S/c26-25(27,28)19-16-31-24(33-23(19)30-6-3-10-34-9-2-1-4-21(34)36)32-20-15-18(14-17-5-13-39-22(17)20)40(37,38)35-11-7-29-8-12-35/h14-16,29H,1-13H2,(H2,30,31,32,33). The second-order valence-electron chi connectivity index (χ2n) is 9.91. The van der Waals surface area contributed by atoms with E-state index in [1.165, 1.54) is 10.4 Å². The zero-order valence-corrected chi connectivity index (χ0v) is 22.7. The second kappa shape index (κ2) is 11.7. The Bertz CT molecular complexity index is 1350. The lowest BCUT2D eigenvalue weighted by Gasteiger charge is -2.27. The monoisotopic (exact) mass is 583 g/mol. The van der Waals surface area contributed by atoms with Gasteiger partial charge in [-0.2, -0.15) is 22.5 Å². The normalized spacial score (nSPS) is 18.4. The molecule has 0 aliphatic carbocycles. The summed E-state index contributed by atoms with van der Waals surface area (Å²) in [4.78, 5) is 21.7. The number of hydrogen-bond acceptors (Lipinski definition) is 9. The minimum Gasteiger partial charge on any atom is -0.491 e. The van der Waals surface area contributed by atoms with Crippen molar-refractivity contribution in [1.29, 1.82) is 0 Å². The van der Waals surface area contributed by atoms with Crippen molar-refractivity contribution >= 4 is 33.4 Å². The van der Waals surface area contributed by atoms with Crippen LogP contribution in [0.15, 0.2) is 23.2 Å². The van der Waals surface area contributed by atoms with Crippen LogP contribution in [0.25, 0.3) is 0 Å². The molecule has 1 amide bonds. The molecule has 1 aromatic heterocycles. The lowest BCUT2D eigenvalue weighted by atomic mass is 10.1. The summed E-state index contributed by atoms with van der Waals surface area (Å²) in [6.45, 7) is 3.37. The van der Waals surface area contributed by atoms with Crippen molar-refractivity contribution in [3.63, 3.8) is 0 Å². The summed E-state index contributed by atoms with van der Waals surface area (Å²) in [5.74, 6) is -0.0663. The molecule has 5 rings (SSSR count). The molecule has 40 heavy (non-hydrogen) atoms. The maximum absolute atomic E-state index is 13.7. The number of nitrogens with one attached hydrogen (secondary N) is 3. The van der Waals surface area contributed by atoms with Gasteiger partial charge in [0, 0.05) is 70.4 Å². The highest BCUT2D eigenvalue weighted by molar-refractivity contribution is 7.89. The number of fused-ring (bicyclic) bond motifs is 1. The van der Waals surface area contributed by atoms with Gasteiger partial charge in [-0.3, -0.25) is 4.79 Å². The van der Waals surface area contributed by atoms with Crippen LogP contribution in [0.1, 0.15) is 36.8 Å². The van der Waals surface area contributed by atoms with Gasteiger partial charge in [-0.25, -0.2) is 13.4 Å². The van der Waals surface area contributed by atoms with E-state index in [0.717, 1.165) is 12.8 Å². The summed E-state index contributed by atoms with van der Waals surface area (Å²) in [5.41, 5.74) is -0.0853. The Morgan fingerprint density at radius 1 is 1.10 bits per heavy atom. The van der Waals surface area contributed by atoms with Gasteiger partial charge in [-0.1, -0.05) is 0 Å². The number of aromatic nitrogens is 2. The second-order valence-corrected chi connectivity index (χ2v) is 11.8. The number of carbonyl (C=O) groups is 1. The Kier molecular flexibility index (Phi) is 8.33. The molecule has 218 valence electrons. The molecule has 15 heteroatoms. The third kappa shape index (κ3) is 6.25. The first-order valence-corrected chi connectivity index (χ1v) is 14.8. The number of ether oxygens (including phenoxy) is 1. The van der Waals surface area contributed by atoms with E-state index in [2.05, 4.69) is 25.9 Å². The highest BCUT2D eigenvalue weighted by Gasteiger charge is 2.36. The topological polar surface area (TPSA) is 129 Å². The highest BCUT2D eigenvalue weighted by Crippen LogP contribution is 2.39. The van der Waals surface area contributed by atoms with E-state index in [9.17, 15) is 26.4 Å². The minimum absolute atomic E-state index is 0.0618. The Hall–Kier alpha value is -3.17. The lowest BCUT2D eigenvalue weighted by molar-refractivity contribution is -0.137. The van der Waals surface area contributed by atoms with E-state index in [1.54, 1.807) is 11.0 Å². The van der Waals surface area contributed by atoms with Crippen LogP contribution >= 0.6 is 0 Å². The van der Waals surface area contributed by atoms with Gasteiger partial charge in [0.15, 0.2) is 0 Å². The maximum atomic E-state index is 13.7. The fraction of sp³-hybridized carbons (Fsp3) is 0.560. The average Bonchev–Trinajstić information content (AvgIpc) is 3.41. The lowest BCUT2D eigenvalue weighted by Crippen LogP contribution is -2.46. The number of likely N-dealkylation sites (tertiary alicyclic amines) is 1. The molecule has 1 aromatic carbocycles. The fourth-order valence-corrected chi connectivity index (χ4v) is 6.55. The molecule has 0 bridgehead atoms. The number of hydrogen-bond donors (Lipinski definition) is 3. The molecule has 2 aromatic rings. The maximum Gasteiger partial charge on any atom is 0.421 e. The third-order valence-electron chi connectivity index (χ3n) is 7.13. The van der Waals surface area contributed by atoms with Gasteiger partial charge in [-0.15, -0.1) is 0 Å². The molecule has 3 aliphatic heterocycles. The fourth-order valence-electron chi connectivity index (χ4n) is 5.03. The Balaban J connectivity index is 1.36. The first-order chi connectivity index (χ1) is 19.1. The molecular formula is C25H32F3N7O4S. The number of nitrogens with zero attached hydrogens (tertiary/aromatic N) is 4.